The fourth-order valence-electron chi connectivity index (χ4n) is 2.55. The maximum Gasteiger partial charge on any atom is 0.313 e. The third kappa shape index (κ3) is 11.1. The van der Waals surface area contributed by atoms with Crippen LogP contribution in [-0.2, 0) is 9.53 Å². The number of unbranched alkanes of at least 4 members (excludes halogenated alkanes) is 8. The van der Waals surface area contributed by atoms with Crippen molar-refractivity contribution in [2.75, 3.05) is 0 Å². The first kappa shape index (κ1) is 19.2. The van der Waals surface area contributed by atoms with Crippen LogP contribution in [0, 0.1) is 5.92 Å². The zero-order chi connectivity index (χ0) is 15.1. The van der Waals surface area contributed by atoms with E-state index < -0.39 is 0 Å². The molecule has 0 aromatic heterocycles. The summed E-state index contributed by atoms with van der Waals surface area (Å²) in [5, 5.41) is 0. The third-order valence-corrected chi connectivity index (χ3v) is 3.85. The summed E-state index contributed by atoms with van der Waals surface area (Å²) in [4.78, 5) is 11.9. The Balaban J connectivity index is 3.85. The van der Waals surface area contributed by atoms with Crippen molar-refractivity contribution < 1.29 is 9.53 Å². The monoisotopic (exact) mass is 282 g/mol. The maximum absolute atomic E-state index is 11.9. The van der Waals surface area contributed by atoms with E-state index in [2.05, 4.69) is 20.4 Å². The molecule has 118 valence electrons. The standard InChI is InChI=1S/C18H34O2/c1-4-7-9-11-12-14-16-17(18(19)20-6-3)15-13-10-8-5-2/h6,17H,3-5,7-16H2,1-2H3. The van der Waals surface area contributed by atoms with Crippen LogP contribution in [0.5, 0.6) is 0 Å². The molecule has 0 fully saturated rings. The predicted octanol–water partition coefficient (Wildman–Crippen LogP) is 6.01. The fourth-order valence-corrected chi connectivity index (χ4v) is 2.55. The maximum atomic E-state index is 11.9. The molecule has 0 aliphatic heterocycles. The van der Waals surface area contributed by atoms with Crippen molar-refractivity contribution in [2.45, 2.75) is 90.9 Å². The Morgan fingerprint density at radius 3 is 1.85 bits per heavy atom. The normalized spacial score (nSPS) is 12.1. The van der Waals surface area contributed by atoms with E-state index in [9.17, 15) is 4.79 Å². The summed E-state index contributed by atoms with van der Waals surface area (Å²) in [6.07, 6.45) is 15.7. The van der Waals surface area contributed by atoms with Crippen molar-refractivity contribution in [3.63, 3.8) is 0 Å². The van der Waals surface area contributed by atoms with E-state index in [1.54, 1.807) is 0 Å². The second-order valence-corrected chi connectivity index (χ2v) is 5.71. The molecular weight excluding hydrogens is 248 g/mol. The van der Waals surface area contributed by atoms with Crippen LogP contribution in [0.3, 0.4) is 0 Å². The molecule has 1 unspecified atom stereocenters. The Hall–Kier alpha value is -0.790. The highest BCUT2D eigenvalue weighted by molar-refractivity contribution is 5.72. The van der Waals surface area contributed by atoms with Gasteiger partial charge in [-0.25, -0.2) is 0 Å². The molecule has 0 heterocycles. The van der Waals surface area contributed by atoms with Gasteiger partial charge >= 0.3 is 5.97 Å². The van der Waals surface area contributed by atoms with Crippen LogP contribution in [-0.4, -0.2) is 5.97 Å². The Morgan fingerprint density at radius 1 is 0.900 bits per heavy atom. The van der Waals surface area contributed by atoms with E-state index in [1.165, 1.54) is 57.6 Å². The molecule has 0 rings (SSSR count). The summed E-state index contributed by atoms with van der Waals surface area (Å²) in [5.41, 5.74) is 0. The van der Waals surface area contributed by atoms with Crippen LogP contribution in [0.1, 0.15) is 90.9 Å². The Morgan fingerprint density at radius 2 is 1.35 bits per heavy atom. The van der Waals surface area contributed by atoms with Gasteiger partial charge in [0.25, 0.3) is 0 Å². The average Bonchev–Trinajstić information content (AvgIpc) is 2.45. The van der Waals surface area contributed by atoms with Gasteiger partial charge in [-0.2, -0.15) is 0 Å². The van der Waals surface area contributed by atoms with Crippen LogP contribution < -0.4 is 0 Å². The molecule has 0 radical (unpaired) electrons. The van der Waals surface area contributed by atoms with E-state index in [4.69, 9.17) is 4.74 Å². The van der Waals surface area contributed by atoms with Crippen LogP contribution in [0.2, 0.25) is 0 Å². The van der Waals surface area contributed by atoms with Crippen molar-refractivity contribution >= 4 is 5.97 Å². The second-order valence-electron chi connectivity index (χ2n) is 5.71. The Bertz CT molecular complexity index is 236. The molecule has 1 atom stereocenters. The van der Waals surface area contributed by atoms with Crippen molar-refractivity contribution in [3.05, 3.63) is 12.8 Å². The van der Waals surface area contributed by atoms with E-state index >= 15 is 0 Å². The summed E-state index contributed by atoms with van der Waals surface area (Å²) in [6.45, 7) is 7.92. The van der Waals surface area contributed by atoms with Crippen LogP contribution in [0.15, 0.2) is 12.8 Å². The number of hydrogen-bond donors (Lipinski definition) is 0. The van der Waals surface area contributed by atoms with Crippen LogP contribution in [0.4, 0.5) is 0 Å². The van der Waals surface area contributed by atoms with Gasteiger partial charge in [-0.1, -0.05) is 84.6 Å². The molecule has 2 heteroatoms. The van der Waals surface area contributed by atoms with Gasteiger partial charge in [0.15, 0.2) is 0 Å². The lowest BCUT2D eigenvalue weighted by Gasteiger charge is -2.14. The molecule has 0 saturated heterocycles. The SMILES string of the molecule is C=COC(=O)C(CCCCCC)CCCCCCCC. The fraction of sp³-hybridized carbons (Fsp3) is 0.833. The molecule has 0 aromatic rings. The topological polar surface area (TPSA) is 26.3 Å². The number of ether oxygens (including phenoxy) is 1. The van der Waals surface area contributed by atoms with Gasteiger partial charge < -0.3 is 4.74 Å². The summed E-state index contributed by atoms with van der Waals surface area (Å²) in [5.74, 6) is 0.00101. The second kappa shape index (κ2) is 14.6. The molecule has 20 heavy (non-hydrogen) atoms. The molecule has 0 bridgehead atoms. The van der Waals surface area contributed by atoms with Gasteiger partial charge in [0.1, 0.15) is 0 Å². The van der Waals surface area contributed by atoms with Crippen molar-refractivity contribution in [1.82, 2.24) is 0 Å². The first-order valence-electron chi connectivity index (χ1n) is 8.57. The number of hydrogen-bond acceptors (Lipinski definition) is 2. The minimum Gasteiger partial charge on any atom is -0.435 e. The van der Waals surface area contributed by atoms with E-state index in [0.717, 1.165) is 25.7 Å². The van der Waals surface area contributed by atoms with Crippen molar-refractivity contribution in [2.24, 2.45) is 5.92 Å². The highest BCUT2D eigenvalue weighted by Gasteiger charge is 2.18. The average molecular weight is 282 g/mol. The van der Waals surface area contributed by atoms with Gasteiger partial charge in [0, 0.05) is 0 Å². The van der Waals surface area contributed by atoms with E-state index in [0.29, 0.717) is 0 Å². The quantitative estimate of drug-likeness (QED) is 0.221. The minimum absolute atomic E-state index is 0.0787. The van der Waals surface area contributed by atoms with Gasteiger partial charge in [0.2, 0.25) is 0 Å². The third-order valence-electron chi connectivity index (χ3n) is 3.85. The van der Waals surface area contributed by atoms with Crippen LogP contribution in [0.25, 0.3) is 0 Å². The highest BCUT2D eigenvalue weighted by Crippen LogP contribution is 2.20. The lowest BCUT2D eigenvalue weighted by molar-refractivity contribution is -0.143. The Labute approximate surface area is 126 Å². The molecule has 2 nitrogen and oxygen atoms in total. The summed E-state index contributed by atoms with van der Waals surface area (Å²) in [6, 6.07) is 0. The molecule has 0 aliphatic rings. The smallest absolute Gasteiger partial charge is 0.313 e. The lowest BCUT2D eigenvalue weighted by Crippen LogP contribution is -2.15. The molecule has 0 spiro atoms. The van der Waals surface area contributed by atoms with E-state index in [1.807, 2.05) is 0 Å². The van der Waals surface area contributed by atoms with Gasteiger partial charge in [-0.05, 0) is 12.8 Å². The van der Waals surface area contributed by atoms with Crippen molar-refractivity contribution in [1.29, 1.82) is 0 Å². The summed E-state index contributed by atoms with van der Waals surface area (Å²) >= 11 is 0. The number of esters is 1. The number of carbonyl (C=O) groups excluding carboxylic acids is 1. The molecule has 0 aromatic carbocycles. The molecule has 0 amide bonds. The molecule has 0 N–H and O–H groups in total. The number of rotatable bonds is 14. The summed E-state index contributed by atoms with van der Waals surface area (Å²) in [7, 11) is 0. The molecule has 0 aliphatic carbocycles. The lowest BCUT2D eigenvalue weighted by atomic mass is 9.94. The first-order valence-corrected chi connectivity index (χ1v) is 8.57. The van der Waals surface area contributed by atoms with Crippen LogP contribution >= 0.6 is 0 Å². The van der Waals surface area contributed by atoms with Gasteiger partial charge in [0.05, 0.1) is 12.2 Å². The summed E-state index contributed by atoms with van der Waals surface area (Å²) < 4.78 is 4.98. The zero-order valence-corrected chi connectivity index (χ0v) is 13.7. The van der Waals surface area contributed by atoms with E-state index in [-0.39, 0.29) is 11.9 Å². The first-order chi connectivity index (χ1) is 9.76. The molecule has 0 saturated carbocycles. The highest BCUT2D eigenvalue weighted by atomic mass is 16.5. The Kier molecular flexibility index (Phi) is 14.0. The van der Waals surface area contributed by atoms with Crippen molar-refractivity contribution in [3.8, 4) is 0 Å². The molecular formula is C18H34O2. The minimum atomic E-state index is -0.0787. The number of carbonyl (C=O) groups is 1. The predicted molar refractivity (Wildman–Crippen MR) is 86.5 cm³/mol. The zero-order valence-electron chi connectivity index (χ0n) is 13.7. The van der Waals surface area contributed by atoms with Gasteiger partial charge in [-0.15, -0.1) is 0 Å². The largest absolute Gasteiger partial charge is 0.435 e. The van der Waals surface area contributed by atoms with Gasteiger partial charge in [-0.3, -0.25) is 4.79 Å².